The minimum Gasteiger partial charge on any atom is -0.395 e. The SMILES string of the molecule is CC(C)(C)C(O)CC(CO)NCc1ccc(-c2ccncc2)cc1F. The Kier molecular flexibility index (Phi) is 6.64. The second-order valence-electron chi connectivity index (χ2n) is 7.42. The Balaban J connectivity index is 2.00. The van der Waals surface area contributed by atoms with Crippen LogP contribution in [0, 0.1) is 11.2 Å². The Bertz CT molecular complexity index is 671. The molecule has 1 heterocycles. The van der Waals surface area contributed by atoms with Crippen LogP contribution in [0.25, 0.3) is 11.1 Å². The van der Waals surface area contributed by atoms with Crippen LogP contribution in [0.4, 0.5) is 4.39 Å². The van der Waals surface area contributed by atoms with Gasteiger partial charge in [-0.25, -0.2) is 4.39 Å². The van der Waals surface area contributed by atoms with Gasteiger partial charge in [-0.05, 0) is 41.2 Å². The van der Waals surface area contributed by atoms with E-state index < -0.39 is 6.10 Å². The number of aliphatic hydroxyl groups is 2. The third-order valence-corrected chi connectivity index (χ3v) is 4.38. The summed E-state index contributed by atoms with van der Waals surface area (Å²) in [5.41, 5.74) is 1.98. The Morgan fingerprint density at radius 3 is 2.36 bits per heavy atom. The lowest BCUT2D eigenvalue weighted by molar-refractivity contribution is 0.0389. The van der Waals surface area contributed by atoms with Crippen molar-refractivity contribution in [3.63, 3.8) is 0 Å². The van der Waals surface area contributed by atoms with E-state index in [1.54, 1.807) is 18.5 Å². The first kappa shape index (κ1) is 19.5. The van der Waals surface area contributed by atoms with Crippen molar-refractivity contribution in [1.29, 1.82) is 0 Å². The number of rotatable bonds is 7. The molecule has 0 spiro atoms. The summed E-state index contributed by atoms with van der Waals surface area (Å²) in [6, 6.07) is 8.50. The van der Waals surface area contributed by atoms with Gasteiger partial charge in [-0.15, -0.1) is 0 Å². The third-order valence-electron chi connectivity index (χ3n) is 4.38. The molecule has 5 heteroatoms. The number of benzene rings is 1. The highest BCUT2D eigenvalue weighted by Crippen LogP contribution is 2.23. The number of halogens is 1. The van der Waals surface area contributed by atoms with E-state index >= 15 is 0 Å². The number of hydrogen-bond acceptors (Lipinski definition) is 4. The second-order valence-corrected chi connectivity index (χ2v) is 7.42. The molecule has 0 fully saturated rings. The topological polar surface area (TPSA) is 65.4 Å². The van der Waals surface area contributed by atoms with Crippen LogP contribution in [0.2, 0.25) is 0 Å². The minimum atomic E-state index is -0.545. The quantitative estimate of drug-likeness (QED) is 0.721. The fourth-order valence-electron chi connectivity index (χ4n) is 2.51. The molecule has 0 aliphatic heterocycles. The summed E-state index contributed by atoms with van der Waals surface area (Å²) in [4.78, 5) is 3.96. The molecule has 136 valence electrons. The average molecular weight is 346 g/mol. The van der Waals surface area contributed by atoms with E-state index in [4.69, 9.17) is 0 Å². The molecule has 1 aromatic carbocycles. The summed E-state index contributed by atoms with van der Waals surface area (Å²) < 4.78 is 14.4. The van der Waals surface area contributed by atoms with Crippen LogP contribution in [0.15, 0.2) is 42.7 Å². The Morgan fingerprint density at radius 2 is 1.80 bits per heavy atom. The zero-order valence-corrected chi connectivity index (χ0v) is 15.0. The van der Waals surface area contributed by atoms with Crippen LogP contribution >= 0.6 is 0 Å². The predicted octanol–water partition coefficient (Wildman–Crippen LogP) is 3.14. The number of nitrogens with zero attached hydrogens (tertiary/aromatic N) is 1. The van der Waals surface area contributed by atoms with Gasteiger partial charge in [-0.2, -0.15) is 0 Å². The van der Waals surface area contributed by atoms with Crippen molar-refractivity contribution < 1.29 is 14.6 Å². The monoisotopic (exact) mass is 346 g/mol. The summed E-state index contributed by atoms with van der Waals surface area (Å²) in [7, 11) is 0. The van der Waals surface area contributed by atoms with Gasteiger partial charge in [0.1, 0.15) is 5.82 Å². The van der Waals surface area contributed by atoms with Crippen molar-refractivity contribution in [3.05, 3.63) is 54.1 Å². The van der Waals surface area contributed by atoms with Gasteiger partial charge < -0.3 is 15.5 Å². The fraction of sp³-hybridized carbons (Fsp3) is 0.450. The lowest BCUT2D eigenvalue weighted by Gasteiger charge is -2.29. The number of aromatic nitrogens is 1. The van der Waals surface area contributed by atoms with E-state index in [9.17, 15) is 14.6 Å². The van der Waals surface area contributed by atoms with E-state index in [1.165, 1.54) is 6.07 Å². The van der Waals surface area contributed by atoms with Crippen molar-refractivity contribution in [1.82, 2.24) is 10.3 Å². The van der Waals surface area contributed by atoms with E-state index in [2.05, 4.69) is 10.3 Å². The molecule has 0 saturated carbocycles. The van der Waals surface area contributed by atoms with Gasteiger partial charge in [0.2, 0.25) is 0 Å². The van der Waals surface area contributed by atoms with E-state index in [0.717, 1.165) is 11.1 Å². The first-order valence-corrected chi connectivity index (χ1v) is 8.52. The highest BCUT2D eigenvalue weighted by molar-refractivity contribution is 5.63. The van der Waals surface area contributed by atoms with Crippen molar-refractivity contribution in [2.45, 2.75) is 45.9 Å². The molecule has 0 saturated heterocycles. The van der Waals surface area contributed by atoms with Gasteiger partial charge >= 0.3 is 0 Å². The Morgan fingerprint density at radius 1 is 1.12 bits per heavy atom. The standard InChI is InChI=1S/C20H27FN2O2/c1-20(2,3)19(25)11-17(13-24)23-12-16-5-4-15(10-18(16)21)14-6-8-22-9-7-14/h4-10,17,19,23-25H,11-13H2,1-3H3. The lowest BCUT2D eigenvalue weighted by atomic mass is 9.85. The highest BCUT2D eigenvalue weighted by Gasteiger charge is 2.25. The number of aliphatic hydroxyl groups excluding tert-OH is 2. The molecule has 4 nitrogen and oxygen atoms in total. The molecule has 0 amide bonds. The smallest absolute Gasteiger partial charge is 0.128 e. The molecular weight excluding hydrogens is 319 g/mol. The van der Waals surface area contributed by atoms with E-state index in [1.807, 2.05) is 39.0 Å². The van der Waals surface area contributed by atoms with E-state index in [-0.39, 0.29) is 23.9 Å². The summed E-state index contributed by atoms with van der Waals surface area (Å²) in [6.07, 6.45) is 3.22. The van der Waals surface area contributed by atoms with Gasteiger partial charge in [0.05, 0.1) is 12.7 Å². The van der Waals surface area contributed by atoms with E-state index in [0.29, 0.717) is 18.5 Å². The van der Waals surface area contributed by atoms with Crippen molar-refractivity contribution in [2.24, 2.45) is 5.41 Å². The molecule has 0 aliphatic rings. The van der Waals surface area contributed by atoms with Gasteiger partial charge in [-0.1, -0.05) is 32.9 Å². The molecule has 2 atom stereocenters. The molecule has 2 unspecified atom stereocenters. The predicted molar refractivity (Wildman–Crippen MR) is 97.4 cm³/mol. The van der Waals surface area contributed by atoms with Gasteiger partial charge in [0.15, 0.2) is 0 Å². The minimum absolute atomic E-state index is 0.107. The maximum absolute atomic E-state index is 14.4. The molecule has 0 aliphatic carbocycles. The normalized spacial score (nSPS) is 14.3. The Labute approximate surface area is 148 Å². The van der Waals surface area contributed by atoms with Crippen molar-refractivity contribution in [2.75, 3.05) is 6.61 Å². The first-order chi connectivity index (χ1) is 11.8. The molecule has 2 rings (SSSR count). The largest absolute Gasteiger partial charge is 0.395 e. The second kappa shape index (κ2) is 8.52. The Hall–Kier alpha value is -1.82. The number of pyridine rings is 1. The van der Waals surface area contributed by atoms with Crippen molar-refractivity contribution in [3.8, 4) is 11.1 Å². The maximum atomic E-state index is 14.4. The zero-order valence-electron chi connectivity index (χ0n) is 15.0. The summed E-state index contributed by atoms with van der Waals surface area (Å²) >= 11 is 0. The first-order valence-electron chi connectivity index (χ1n) is 8.52. The van der Waals surface area contributed by atoms with Crippen LogP contribution < -0.4 is 5.32 Å². The van der Waals surface area contributed by atoms with Gasteiger partial charge in [0, 0.05) is 30.5 Å². The number of hydrogen-bond donors (Lipinski definition) is 3. The summed E-state index contributed by atoms with van der Waals surface area (Å²) in [5.74, 6) is -0.296. The summed E-state index contributed by atoms with van der Waals surface area (Å²) in [6.45, 7) is 6.03. The van der Waals surface area contributed by atoms with Crippen LogP contribution in [-0.4, -0.2) is 33.9 Å². The fourth-order valence-corrected chi connectivity index (χ4v) is 2.51. The van der Waals surface area contributed by atoms with Gasteiger partial charge in [0.25, 0.3) is 0 Å². The lowest BCUT2D eigenvalue weighted by Crippen LogP contribution is -2.39. The molecule has 1 aromatic heterocycles. The summed E-state index contributed by atoms with van der Waals surface area (Å²) in [5, 5.41) is 22.8. The van der Waals surface area contributed by atoms with Crippen LogP contribution in [-0.2, 0) is 6.54 Å². The molecule has 0 radical (unpaired) electrons. The zero-order chi connectivity index (χ0) is 18.4. The molecular formula is C20H27FN2O2. The third kappa shape index (κ3) is 5.59. The van der Waals surface area contributed by atoms with Gasteiger partial charge in [-0.3, -0.25) is 4.98 Å². The number of nitrogens with one attached hydrogen (secondary N) is 1. The molecule has 25 heavy (non-hydrogen) atoms. The molecule has 3 N–H and O–H groups in total. The average Bonchev–Trinajstić information content (AvgIpc) is 2.59. The molecule has 0 bridgehead atoms. The van der Waals surface area contributed by atoms with Crippen LogP contribution in [0.5, 0.6) is 0 Å². The molecule has 2 aromatic rings. The maximum Gasteiger partial charge on any atom is 0.128 e. The highest BCUT2D eigenvalue weighted by atomic mass is 19.1. The van der Waals surface area contributed by atoms with Crippen molar-refractivity contribution >= 4 is 0 Å². The van der Waals surface area contributed by atoms with Crippen LogP contribution in [0.1, 0.15) is 32.8 Å². The van der Waals surface area contributed by atoms with Crippen LogP contribution in [0.3, 0.4) is 0 Å².